The van der Waals surface area contributed by atoms with E-state index in [4.69, 9.17) is 21.3 Å². The molecule has 7 nitrogen and oxygen atoms in total. The predicted octanol–water partition coefficient (Wildman–Crippen LogP) is 6.44. The molecule has 0 amide bonds. The average molecular weight is 578 g/mol. The van der Waals surface area contributed by atoms with Crippen LogP contribution in [-0.2, 0) is 0 Å². The van der Waals surface area contributed by atoms with Gasteiger partial charge >= 0.3 is 6.01 Å². The van der Waals surface area contributed by atoms with Gasteiger partial charge in [-0.3, -0.25) is 0 Å². The summed E-state index contributed by atoms with van der Waals surface area (Å²) in [7, 11) is 1.95. The van der Waals surface area contributed by atoms with Gasteiger partial charge in [-0.1, -0.05) is 50.1 Å². The first-order chi connectivity index (χ1) is 19.8. The summed E-state index contributed by atoms with van der Waals surface area (Å²) in [6.07, 6.45) is 5.05. The van der Waals surface area contributed by atoms with Crippen LogP contribution in [0.5, 0.6) is 11.8 Å². The number of aromatic hydroxyl groups is 1. The predicted molar refractivity (Wildman–Crippen MR) is 164 cm³/mol. The Hall–Kier alpha value is -3.20. The third-order valence-electron chi connectivity index (χ3n) is 8.88. The van der Waals surface area contributed by atoms with Gasteiger partial charge in [-0.05, 0) is 73.3 Å². The molecule has 1 aromatic heterocycles. The van der Waals surface area contributed by atoms with Crippen molar-refractivity contribution in [1.82, 2.24) is 20.6 Å². The summed E-state index contributed by atoms with van der Waals surface area (Å²) in [4.78, 5) is 11.7. The van der Waals surface area contributed by atoms with E-state index in [0.717, 1.165) is 56.0 Å². The number of benzene rings is 3. The van der Waals surface area contributed by atoms with Crippen LogP contribution in [0.15, 0.2) is 42.5 Å². The van der Waals surface area contributed by atoms with Crippen LogP contribution < -0.4 is 20.3 Å². The summed E-state index contributed by atoms with van der Waals surface area (Å²) in [5.41, 5.74) is 0.846. The number of piperazine rings is 1. The van der Waals surface area contributed by atoms with Gasteiger partial charge in [-0.25, -0.2) is 4.39 Å². The topological polar surface area (TPSA) is 82.5 Å². The molecule has 3 aromatic carbocycles. The molecule has 2 fully saturated rings. The maximum atomic E-state index is 16.6. The molecule has 2 bridgehead atoms. The van der Waals surface area contributed by atoms with Crippen LogP contribution in [0.25, 0.3) is 32.8 Å². The highest BCUT2D eigenvalue weighted by molar-refractivity contribution is 6.34. The normalized spacial score (nSPS) is 20.1. The van der Waals surface area contributed by atoms with Gasteiger partial charge in [-0.15, -0.1) is 0 Å². The van der Waals surface area contributed by atoms with Gasteiger partial charge in [-0.2, -0.15) is 9.97 Å². The molecular weight excluding hydrogens is 541 g/mol. The zero-order valence-corrected chi connectivity index (χ0v) is 24.6. The molecule has 41 heavy (non-hydrogen) atoms. The van der Waals surface area contributed by atoms with E-state index in [0.29, 0.717) is 35.5 Å². The Bertz CT molecular complexity index is 1580. The van der Waals surface area contributed by atoms with Crippen molar-refractivity contribution in [3.8, 4) is 22.9 Å². The number of phenolic OH excluding ortho intramolecular Hbond substituents is 1. The minimum atomic E-state index is -0.512. The highest BCUT2D eigenvalue weighted by Crippen LogP contribution is 2.40. The van der Waals surface area contributed by atoms with Gasteiger partial charge in [0.15, 0.2) is 5.82 Å². The molecule has 3 N–H and O–H groups in total. The molecule has 216 valence electrons. The molecule has 3 atom stereocenters. The van der Waals surface area contributed by atoms with E-state index in [1.54, 1.807) is 18.2 Å². The molecule has 9 heteroatoms. The Morgan fingerprint density at radius 1 is 1.10 bits per heavy atom. The van der Waals surface area contributed by atoms with Gasteiger partial charge < -0.3 is 25.4 Å². The van der Waals surface area contributed by atoms with Crippen molar-refractivity contribution in [2.75, 3.05) is 31.6 Å². The Labute approximate surface area is 245 Å². The summed E-state index contributed by atoms with van der Waals surface area (Å²) < 4.78 is 22.9. The van der Waals surface area contributed by atoms with Gasteiger partial charge in [0.05, 0.1) is 10.6 Å². The third-order valence-corrected chi connectivity index (χ3v) is 9.18. The Kier molecular flexibility index (Phi) is 7.66. The number of likely N-dealkylation sites (N-methyl/N-ethyl adjacent to an activating group) is 1. The minimum absolute atomic E-state index is 0.150. The fourth-order valence-electron chi connectivity index (χ4n) is 6.50. The lowest BCUT2D eigenvalue weighted by atomic mass is 9.92. The van der Waals surface area contributed by atoms with E-state index in [9.17, 15) is 5.11 Å². The number of ether oxygens (including phenoxy) is 1. The van der Waals surface area contributed by atoms with Crippen molar-refractivity contribution < 1.29 is 14.2 Å². The van der Waals surface area contributed by atoms with Crippen molar-refractivity contribution in [1.29, 1.82) is 0 Å². The zero-order valence-electron chi connectivity index (χ0n) is 23.8. The third kappa shape index (κ3) is 5.29. The number of aromatic nitrogens is 2. The minimum Gasteiger partial charge on any atom is -0.508 e. The molecule has 3 heterocycles. The first kappa shape index (κ1) is 27.9. The quantitative estimate of drug-likeness (QED) is 0.211. The molecule has 2 aliphatic heterocycles. The number of fused-ring (bicyclic) bond motifs is 4. The molecule has 0 saturated carbocycles. The molecule has 6 rings (SSSR count). The van der Waals surface area contributed by atoms with Crippen LogP contribution in [0.4, 0.5) is 10.2 Å². The van der Waals surface area contributed by atoms with Crippen molar-refractivity contribution in [2.24, 2.45) is 0 Å². The van der Waals surface area contributed by atoms with Crippen LogP contribution in [0, 0.1) is 5.82 Å². The fourth-order valence-corrected chi connectivity index (χ4v) is 6.80. The molecule has 2 saturated heterocycles. The number of hydrogen-bond acceptors (Lipinski definition) is 7. The summed E-state index contributed by atoms with van der Waals surface area (Å²) in [5.74, 6) is 0.292. The Morgan fingerprint density at radius 3 is 2.56 bits per heavy atom. The van der Waals surface area contributed by atoms with Crippen LogP contribution in [0.3, 0.4) is 0 Å². The average Bonchev–Trinajstić information content (AvgIpc) is 3.32. The van der Waals surface area contributed by atoms with Gasteiger partial charge in [0, 0.05) is 36.1 Å². The van der Waals surface area contributed by atoms with Gasteiger partial charge in [0.1, 0.15) is 23.7 Å². The van der Waals surface area contributed by atoms with Crippen molar-refractivity contribution in [3.05, 3.63) is 53.3 Å². The second-order valence-corrected chi connectivity index (χ2v) is 11.9. The lowest BCUT2D eigenvalue weighted by Crippen LogP contribution is -2.51. The van der Waals surface area contributed by atoms with Crippen LogP contribution in [0.1, 0.15) is 46.0 Å². The van der Waals surface area contributed by atoms with Crippen LogP contribution in [0.2, 0.25) is 5.02 Å². The van der Waals surface area contributed by atoms with E-state index in [1.165, 1.54) is 0 Å². The number of halogens is 2. The molecule has 3 unspecified atom stereocenters. The van der Waals surface area contributed by atoms with Crippen molar-refractivity contribution in [3.63, 3.8) is 0 Å². The van der Waals surface area contributed by atoms with E-state index < -0.39 is 5.82 Å². The van der Waals surface area contributed by atoms with Gasteiger partial charge in [0.25, 0.3) is 0 Å². The van der Waals surface area contributed by atoms with E-state index in [1.807, 2.05) is 31.3 Å². The maximum absolute atomic E-state index is 16.6. The monoisotopic (exact) mass is 577 g/mol. The molecule has 0 aliphatic carbocycles. The highest BCUT2D eigenvalue weighted by Gasteiger charge is 2.35. The lowest BCUT2D eigenvalue weighted by Gasteiger charge is -2.35. The second kappa shape index (κ2) is 11.2. The molecule has 0 spiro atoms. The Morgan fingerprint density at radius 2 is 1.85 bits per heavy atom. The van der Waals surface area contributed by atoms with E-state index in [2.05, 4.69) is 34.4 Å². The maximum Gasteiger partial charge on any atom is 0.319 e. The summed E-state index contributed by atoms with van der Waals surface area (Å²) in [6.45, 7) is 6.22. The Balaban J connectivity index is 1.48. The first-order valence-electron chi connectivity index (χ1n) is 14.6. The fraction of sp³-hybridized carbons (Fsp3) is 0.438. The number of hydrogen-bond donors (Lipinski definition) is 3. The summed E-state index contributed by atoms with van der Waals surface area (Å²) in [6, 6.07) is 13.4. The second-order valence-electron chi connectivity index (χ2n) is 11.5. The smallest absolute Gasteiger partial charge is 0.319 e. The van der Waals surface area contributed by atoms with Crippen LogP contribution >= 0.6 is 11.6 Å². The molecule has 4 aromatic rings. The summed E-state index contributed by atoms with van der Waals surface area (Å²) >= 11 is 6.82. The molecule has 0 radical (unpaired) electrons. The van der Waals surface area contributed by atoms with Crippen molar-refractivity contribution >= 4 is 39.1 Å². The number of rotatable bonds is 9. The molecular formula is C32H37ClFN5O2. The SMILES string of the molecule is CCCC(CC)(COc1nc(N2CC3CCC(C2)N3)c2cc(Cl)c(-c3ccc4ccc(O)cc4c3)c(F)c2n1)NC. The number of nitrogens with one attached hydrogen (secondary N) is 2. The summed E-state index contributed by atoms with van der Waals surface area (Å²) in [5, 5.41) is 19.7. The standard InChI is InChI=1S/C32H37ClFN5O2/c1-4-12-32(5-2,35-3)18-41-31-37-29-25(30(38-31)39-16-22-9-10-23(17-39)36-22)15-26(33)27(28(29)34)20-7-6-19-8-11-24(40)14-21(19)13-20/h6-8,11,13-15,22-23,35-36,40H,4-5,9-10,12,16-18H2,1-3H3. The van der Waals surface area contributed by atoms with E-state index >= 15 is 4.39 Å². The number of nitrogens with zero attached hydrogens (tertiary/aromatic N) is 3. The number of anilines is 1. The highest BCUT2D eigenvalue weighted by atomic mass is 35.5. The molecule has 2 aliphatic rings. The van der Waals surface area contributed by atoms with E-state index in [-0.39, 0.29) is 33.4 Å². The van der Waals surface area contributed by atoms with Crippen LogP contribution in [-0.4, -0.2) is 59.4 Å². The lowest BCUT2D eigenvalue weighted by molar-refractivity contribution is 0.162. The van der Waals surface area contributed by atoms with Crippen molar-refractivity contribution in [2.45, 2.75) is 63.6 Å². The first-order valence-corrected chi connectivity index (χ1v) is 15.0. The van der Waals surface area contributed by atoms with Gasteiger partial charge in [0.2, 0.25) is 0 Å². The largest absolute Gasteiger partial charge is 0.508 e. The number of phenols is 1. The zero-order chi connectivity index (χ0) is 28.7.